The highest BCUT2D eigenvalue weighted by atomic mass is 35.5. The maximum atomic E-state index is 12.9. The molecule has 3 atom stereocenters. The Morgan fingerprint density at radius 1 is 1.11 bits per heavy atom. The molecule has 1 spiro atoms. The molecule has 3 aliphatic heterocycles. The molecule has 4 fully saturated rings. The summed E-state index contributed by atoms with van der Waals surface area (Å²) in [5.41, 5.74) is 1.17. The van der Waals surface area contributed by atoms with Crippen LogP contribution in [0.25, 0.3) is 10.8 Å². The topological polar surface area (TPSA) is 76.2 Å². The SMILES string of the molecule is CO[C@@H]1COC[C@@H]1N1CCN(c2cc3cc(NC(=O)[C@@H]4CC45CCOCC5)ncc3cc2Cl)CC1. The number of carbonyl (C=O) groups is 1. The van der Waals surface area contributed by atoms with Crippen LogP contribution in [0, 0.1) is 11.3 Å². The molecule has 35 heavy (non-hydrogen) atoms. The molecule has 8 nitrogen and oxygen atoms in total. The number of aromatic nitrogens is 1. The normalized spacial score (nSPS) is 28.5. The van der Waals surface area contributed by atoms with E-state index < -0.39 is 0 Å². The highest BCUT2D eigenvalue weighted by Gasteiger charge is 2.58. The second kappa shape index (κ2) is 9.48. The van der Waals surface area contributed by atoms with Crippen molar-refractivity contribution in [3.05, 3.63) is 29.4 Å². The molecule has 188 valence electrons. The van der Waals surface area contributed by atoms with Gasteiger partial charge < -0.3 is 24.4 Å². The van der Waals surface area contributed by atoms with Gasteiger partial charge in [0.05, 0.1) is 36.1 Å². The lowest BCUT2D eigenvalue weighted by atomic mass is 9.93. The number of carbonyl (C=O) groups excluding carboxylic acids is 1. The second-order valence-corrected chi connectivity index (χ2v) is 10.8. The monoisotopic (exact) mass is 500 g/mol. The van der Waals surface area contributed by atoms with E-state index in [9.17, 15) is 4.79 Å². The predicted octanol–water partition coefficient (Wildman–Crippen LogP) is 3.18. The average Bonchev–Trinajstić information content (AvgIpc) is 3.34. The molecule has 1 saturated carbocycles. The molecule has 4 heterocycles. The van der Waals surface area contributed by atoms with Crippen LogP contribution >= 0.6 is 11.6 Å². The van der Waals surface area contributed by atoms with Crippen molar-refractivity contribution in [2.75, 3.05) is 69.9 Å². The maximum absolute atomic E-state index is 12.9. The van der Waals surface area contributed by atoms with Gasteiger partial charge in [-0.1, -0.05) is 11.6 Å². The minimum absolute atomic E-state index is 0.0731. The Morgan fingerprint density at radius 2 is 1.91 bits per heavy atom. The lowest BCUT2D eigenvalue weighted by molar-refractivity contribution is -0.118. The van der Waals surface area contributed by atoms with Crippen molar-refractivity contribution in [3.63, 3.8) is 0 Å². The first-order chi connectivity index (χ1) is 17.1. The number of fused-ring (bicyclic) bond motifs is 1. The first-order valence-corrected chi connectivity index (χ1v) is 13.0. The van der Waals surface area contributed by atoms with Gasteiger partial charge in [0.2, 0.25) is 5.91 Å². The van der Waals surface area contributed by atoms with E-state index in [1.54, 1.807) is 13.3 Å². The molecule has 1 aliphatic carbocycles. The van der Waals surface area contributed by atoms with Crippen LogP contribution in [0.3, 0.4) is 0 Å². The summed E-state index contributed by atoms with van der Waals surface area (Å²) in [6.45, 7) is 6.57. The maximum Gasteiger partial charge on any atom is 0.229 e. The van der Waals surface area contributed by atoms with E-state index in [0.29, 0.717) is 18.5 Å². The van der Waals surface area contributed by atoms with Crippen LogP contribution in [0.4, 0.5) is 11.5 Å². The minimum Gasteiger partial charge on any atom is -0.381 e. The van der Waals surface area contributed by atoms with Gasteiger partial charge in [0.15, 0.2) is 0 Å². The number of methoxy groups -OCH3 is 1. The van der Waals surface area contributed by atoms with Crippen LogP contribution in [0.15, 0.2) is 24.4 Å². The van der Waals surface area contributed by atoms with Crippen LogP contribution in [0.2, 0.25) is 5.02 Å². The fourth-order valence-corrected chi connectivity index (χ4v) is 6.40. The van der Waals surface area contributed by atoms with Gasteiger partial charge in [-0.15, -0.1) is 0 Å². The fraction of sp³-hybridized carbons (Fsp3) is 0.615. The third kappa shape index (κ3) is 4.51. The number of rotatable bonds is 5. The number of pyridine rings is 1. The summed E-state index contributed by atoms with van der Waals surface area (Å²) < 4.78 is 16.7. The van der Waals surface area contributed by atoms with E-state index in [0.717, 1.165) is 86.7 Å². The zero-order chi connectivity index (χ0) is 24.0. The van der Waals surface area contributed by atoms with E-state index in [4.69, 9.17) is 25.8 Å². The molecule has 4 aliphatic rings. The third-order valence-electron chi connectivity index (χ3n) is 8.46. The summed E-state index contributed by atoms with van der Waals surface area (Å²) in [6.07, 6.45) is 4.85. The molecular formula is C26H33ClN4O4. The van der Waals surface area contributed by atoms with E-state index >= 15 is 0 Å². The van der Waals surface area contributed by atoms with Gasteiger partial charge in [0.1, 0.15) is 5.82 Å². The first kappa shape index (κ1) is 23.4. The van der Waals surface area contributed by atoms with E-state index in [2.05, 4.69) is 26.2 Å². The largest absolute Gasteiger partial charge is 0.381 e. The lowest BCUT2D eigenvalue weighted by Gasteiger charge is -2.40. The van der Waals surface area contributed by atoms with E-state index in [1.165, 1.54) is 0 Å². The van der Waals surface area contributed by atoms with Crippen molar-refractivity contribution < 1.29 is 19.0 Å². The van der Waals surface area contributed by atoms with Gasteiger partial charge in [-0.2, -0.15) is 0 Å². The van der Waals surface area contributed by atoms with Gasteiger partial charge in [0.25, 0.3) is 0 Å². The molecule has 2 aromatic rings. The zero-order valence-corrected chi connectivity index (χ0v) is 20.9. The van der Waals surface area contributed by atoms with Crippen LogP contribution in [-0.2, 0) is 19.0 Å². The molecule has 0 radical (unpaired) electrons. The first-order valence-electron chi connectivity index (χ1n) is 12.6. The zero-order valence-electron chi connectivity index (χ0n) is 20.2. The summed E-state index contributed by atoms with van der Waals surface area (Å²) in [5, 5.41) is 5.78. The fourth-order valence-electron chi connectivity index (χ4n) is 6.11. The number of amides is 1. The Hall–Kier alpha value is -1.97. The number of nitrogens with zero attached hydrogens (tertiary/aromatic N) is 3. The number of nitrogens with one attached hydrogen (secondary N) is 1. The molecule has 1 aromatic heterocycles. The highest BCUT2D eigenvalue weighted by Crippen LogP contribution is 2.59. The number of benzene rings is 1. The Balaban J connectivity index is 1.14. The van der Waals surface area contributed by atoms with Gasteiger partial charge in [-0.25, -0.2) is 4.98 Å². The number of piperazine rings is 1. The van der Waals surface area contributed by atoms with Crippen molar-refractivity contribution in [1.82, 2.24) is 9.88 Å². The Kier molecular flexibility index (Phi) is 6.35. The van der Waals surface area contributed by atoms with Crippen molar-refractivity contribution >= 4 is 39.8 Å². The Morgan fingerprint density at radius 3 is 2.69 bits per heavy atom. The molecule has 0 bridgehead atoms. The summed E-state index contributed by atoms with van der Waals surface area (Å²) >= 11 is 6.70. The van der Waals surface area contributed by atoms with Crippen molar-refractivity contribution in [1.29, 1.82) is 0 Å². The number of halogens is 1. The van der Waals surface area contributed by atoms with Gasteiger partial charge in [-0.05, 0) is 48.3 Å². The van der Waals surface area contributed by atoms with E-state index in [1.807, 2.05) is 12.1 Å². The highest BCUT2D eigenvalue weighted by molar-refractivity contribution is 6.34. The summed E-state index contributed by atoms with van der Waals surface area (Å²) in [7, 11) is 1.76. The average molecular weight is 501 g/mol. The van der Waals surface area contributed by atoms with Crippen molar-refractivity contribution in [2.24, 2.45) is 11.3 Å². The number of anilines is 2. The number of hydrogen-bond acceptors (Lipinski definition) is 7. The molecule has 1 N–H and O–H groups in total. The molecule has 6 rings (SSSR count). The van der Waals surface area contributed by atoms with Gasteiger partial charge in [0, 0.05) is 64.0 Å². The predicted molar refractivity (Wildman–Crippen MR) is 135 cm³/mol. The minimum atomic E-state index is 0.0731. The van der Waals surface area contributed by atoms with Crippen LogP contribution in [-0.4, -0.2) is 87.7 Å². The standard InChI is InChI=1S/C26H33ClN4O4/c1-33-23-16-35-15-22(23)31-6-4-30(5-7-31)21-11-17-12-24(28-14-18(17)10-20(21)27)29-25(32)19-13-26(19)2-8-34-9-3-26/h10-12,14,19,22-23H,2-9,13,15-16H2,1H3,(H,28,29,32)/t19-,22-,23+/m0/s1. The number of hydrogen-bond donors (Lipinski definition) is 1. The molecule has 1 amide bonds. The molecule has 1 aromatic carbocycles. The number of ether oxygens (including phenoxy) is 3. The third-order valence-corrected chi connectivity index (χ3v) is 8.76. The molecule has 3 saturated heterocycles. The van der Waals surface area contributed by atoms with Crippen LogP contribution < -0.4 is 10.2 Å². The van der Waals surface area contributed by atoms with Crippen molar-refractivity contribution in [2.45, 2.75) is 31.4 Å². The summed E-state index contributed by atoms with van der Waals surface area (Å²) in [4.78, 5) is 22.2. The smallest absolute Gasteiger partial charge is 0.229 e. The Bertz CT molecular complexity index is 1100. The Labute approximate surface area is 210 Å². The van der Waals surface area contributed by atoms with E-state index in [-0.39, 0.29) is 23.3 Å². The second-order valence-electron chi connectivity index (χ2n) is 10.3. The summed E-state index contributed by atoms with van der Waals surface area (Å²) in [5.74, 6) is 0.750. The van der Waals surface area contributed by atoms with Crippen molar-refractivity contribution in [3.8, 4) is 0 Å². The van der Waals surface area contributed by atoms with Gasteiger partial charge >= 0.3 is 0 Å². The summed E-state index contributed by atoms with van der Waals surface area (Å²) in [6, 6.07) is 6.37. The van der Waals surface area contributed by atoms with Crippen LogP contribution in [0.5, 0.6) is 0 Å². The van der Waals surface area contributed by atoms with Gasteiger partial charge in [-0.3, -0.25) is 9.69 Å². The lowest BCUT2D eigenvalue weighted by Crippen LogP contribution is -2.54. The molecule has 9 heteroatoms. The van der Waals surface area contributed by atoms with Crippen LogP contribution in [0.1, 0.15) is 19.3 Å². The quantitative estimate of drug-likeness (QED) is 0.675. The molecule has 0 unspecified atom stereocenters. The molecular weight excluding hydrogens is 468 g/mol.